The molecule has 1 aromatic rings. The molecule has 0 bridgehead atoms. The van der Waals surface area contributed by atoms with Crippen molar-refractivity contribution < 1.29 is 4.79 Å². The second kappa shape index (κ2) is 12.7. The Hall–Kier alpha value is -1.04. The monoisotopic (exact) mass is 336 g/mol. The van der Waals surface area contributed by atoms with Crippen molar-refractivity contribution in [2.75, 3.05) is 32.0 Å². The predicted molar refractivity (Wildman–Crippen MR) is 92.7 cm³/mol. The van der Waals surface area contributed by atoms with Crippen LogP contribution in [0.2, 0.25) is 0 Å². The van der Waals surface area contributed by atoms with E-state index in [1.807, 2.05) is 39.2 Å². The largest absolute Gasteiger partial charge is 0.370 e. The Morgan fingerprint density at radius 2 is 2.00 bits per heavy atom. The Morgan fingerprint density at radius 3 is 2.57 bits per heavy atom. The van der Waals surface area contributed by atoms with E-state index in [4.69, 9.17) is 0 Å². The number of aryl methyl sites for hydroxylation is 1. The van der Waals surface area contributed by atoms with Gasteiger partial charge in [0.15, 0.2) is 0 Å². The van der Waals surface area contributed by atoms with E-state index in [1.54, 1.807) is 0 Å². The molecule has 1 unspecified atom stereocenters. The number of halogens is 2. The molecule has 0 aliphatic carbocycles. The third-order valence-electron chi connectivity index (χ3n) is 2.83. The van der Waals surface area contributed by atoms with E-state index in [2.05, 4.69) is 20.9 Å². The van der Waals surface area contributed by atoms with Gasteiger partial charge in [0.25, 0.3) is 0 Å². The Morgan fingerprint density at radius 1 is 1.29 bits per heavy atom. The second-order valence-electron chi connectivity index (χ2n) is 4.75. The summed E-state index contributed by atoms with van der Waals surface area (Å²) in [6.45, 7) is 6.12. The van der Waals surface area contributed by atoms with Crippen LogP contribution in [-0.4, -0.2) is 37.6 Å². The van der Waals surface area contributed by atoms with Gasteiger partial charge in [-0.05, 0) is 32.0 Å². The van der Waals surface area contributed by atoms with Gasteiger partial charge in [-0.1, -0.05) is 13.0 Å². The molecule has 1 aromatic heterocycles. The average Bonchev–Trinajstić information content (AvgIpc) is 2.40. The fourth-order valence-corrected chi connectivity index (χ4v) is 1.66. The smallest absolute Gasteiger partial charge is 0.224 e. The van der Waals surface area contributed by atoms with E-state index in [9.17, 15) is 4.79 Å². The standard InChI is InChI=1S/C14H24N4O.2ClH/c1-11-5-6-13(18-9-11)16-7-4-8-17-14(19)12(2)10-15-3;;/h5-6,9,12,15H,4,7-8,10H2,1-3H3,(H,16,18)(H,17,19);2*1H. The first-order valence-electron chi connectivity index (χ1n) is 6.72. The normalized spacial score (nSPS) is 10.8. The summed E-state index contributed by atoms with van der Waals surface area (Å²) >= 11 is 0. The number of anilines is 1. The summed E-state index contributed by atoms with van der Waals surface area (Å²) in [6.07, 6.45) is 2.72. The molecule has 0 radical (unpaired) electrons. The Balaban J connectivity index is 0. The highest BCUT2D eigenvalue weighted by Gasteiger charge is 2.10. The quantitative estimate of drug-likeness (QED) is 0.635. The molecule has 5 nitrogen and oxygen atoms in total. The van der Waals surface area contributed by atoms with Gasteiger partial charge >= 0.3 is 0 Å². The van der Waals surface area contributed by atoms with E-state index in [0.717, 1.165) is 24.3 Å². The van der Waals surface area contributed by atoms with Crippen LogP contribution in [0.25, 0.3) is 0 Å². The lowest BCUT2D eigenvalue weighted by Gasteiger charge is -2.11. The topological polar surface area (TPSA) is 66.1 Å². The molecule has 0 aliphatic heterocycles. The summed E-state index contributed by atoms with van der Waals surface area (Å²) in [5.74, 6) is 0.986. The van der Waals surface area contributed by atoms with Gasteiger partial charge in [0.05, 0.1) is 0 Å². The minimum absolute atomic E-state index is 0. The summed E-state index contributed by atoms with van der Waals surface area (Å²) in [5.41, 5.74) is 1.15. The van der Waals surface area contributed by atoms with E-state index in [0.29, 0.717) is 13.1 Å². The number of carbonyl (C=O) groups is 1. The number of nitrogens with one attached hydrogen (secondary N) is 3. The third kappa shape index (κ3) is 9.50. The van der Waals surface area contributed by atoms with Crippen LogP contribution in [0.1, 0.15) is 18.9 Å². The second-order valence-corrected chi connectivity index (χ2v) is 4.75. The SMILES string of the molecule is CNCC(C)C(=O)NCCCNc1ccc(C)cn1.Cl.Cl. The highest BCUT2D eigenvalue weighted by molar-refractivity contribution is 5.85. The molecule has 1 amide bonds. The van der Waals surface area contributed by atoms with Gasteiger partial charge in [-0.2, -0.15) is 0 Å². The van der Waals surface area contributed by atoms with Gasteiger partial charge < -0.3 is 16.0 Å². The maximum Gasteiger partial charge on any atom is 0.224 e. The van der Waals surface area contributed by atoms with Gasteiger partial charge in [-0.25, -0.2) is 4.98 Å². The molecule has 0 saturated heterocycles. The van der Waals surface area contributed by atoms with Gasteiger partial charge in [-0.15, -0.1) is 24.8 Å². The molecule has 122 valence electrons. The van der Waals surface area contributed by atoms with E-state index in [-0.39, 0.29) is 36.6 Å². The highest BCUT2D eigenvalue weighted by Crippen LogP contribution is 2.03. The summed E-state index contributed by atoms with van der Waals surface area (Å²) in [4.78, 5) is 15.9. The summed E-state index contributed by atoms with van der Waals surface area (Å²) in [7, 11) is 1.85. The molecule has 3 N–H and O–H groups in total. The van der Waals surface area contributed by atoms with Crippen LogP contribution in [-0.2, 0) is 4.79 Å². The van der Waals surface area contributed by atoms with E-state index < -0.39 is 0 Å². The Kier molecular flexibility index (Phi) is 13.4. The average molecular weight is 337 g/mol. The van der Waals surface area contributed by atoms with Crippen molar-refractivity contribution >= 4 is 36.5 Å². The van der Waals surface area contributed by atoms with Crippen molar-refractivity contribution in [2.45, 2.75) is 20.3 Å². The highest BCUT2D eigenvalue weighted by atomic mass is 35.5. The lowest BCUT2D eigenvalue weighted by Crippen LogP contribution is -2.35. The number of nitrogens with zero attached hydrogens (tertiary/aromatic N) is 1. The van der Waals surface area contributed by atoms with Crippen molar-refractivity contribution in [3.8, 4) is 0 Å². The van der Waals surface area contributed by atoms with Crippen LogP contribution in [0.3, 0.4) is 0 Å². The van der Waals surface area contributed by atoms with Crippen LogP contribution >= 0.6 is 24.8 Å². The molecular formula is C14H26Cl2N4O. The van der Waals surface area contributed by atoms with Crippen molar-refractivity contribution in [3.63, 3.8) is 0 Å². The van der Waals surface area contributed by atoms with Crippen LogP contribution in [0.4, 0.5) is 5.82 Å². The summed E-state index contributed by atoms with van der Waals surface area (Å²) in [5, 5.41) is 9.14. The molecular weight excluding hydrogens is 311 g/mol. The number of rotatable bonds is 8. The minimum atomic E-state index is 0. The van der Waals surface area contributed by atoms with Crippen LogP contribution in [0.5, 0.6) is 0 Å². The molecule has 7 heteroatoms. The number of hydrogen-bond donors (Lipinski definition) is 3. The van der Waals surface area contributed by atoms with E-state index >= 15 is 0 Å². The molecule has 0 aliphatic rings. The maximum absolute atomic E-state index is 11.6. The maximum atomic E-state index is 11.6. The number of aromatic nitrogens is 1. The first-order chi connectivity index (χ1) is 9.13. The zero-order valence-electron chi connectivity index (χ0n) is 12.8. The first-order valence-corrected chi connectivity index (χ1v) is 6.72. The van der Waals surface area contributed by atoms with Gasteiger partial charge in [0, 0.05) is 31.7 Å². The molecule has 0 fully saturated rings. The zero-order valence-corrected chi connectivity index (χ0v) is 14.4. The first kappa shape index (κ1) is 22.2. The van der Waals surface area contributed by atoms with Crippen molar-refractivity contribution in [3.05, 3.63) is 23.9 Å². The molecule has 0 aromatic carbocycles. The predicted octanol–water partition coefficient (Wildman–Crippen LogP) is 2.01. The number of amides is 1. The van der Waals surface area contributed by atoms with Crippen LogP contribution in [0.15, 0.2) is 18.3 Å². The molecule has 0 spiro atoms. The fraction of sp³-hybridized carbons (Fsp3) is 0.571. The van der Waals surface area contributed by atoms with Gasteiger partial charge in [-0.3, -0.25) is 4.79 Å². The summed E-state index contributed by atoms with van der Waals surface area (Å²) < 4.78 is 0. The summed E-state index contributed by atoms with van der Waals surface area (Å²) in [6, 6.07) is 3.99. The zero-order chi connectivity index (χ0) is 14.1. The number of carbonyl (C=O) groups excluding carboxylic acids is 1. The third-order valence-corrected chi connectivity index (χ3v) is 2.83. The van der Waals surface area contributed by atoms with E-state index in [1.165, 1.54) is 0 Å². The number of pyridine rings is 1. The lowest BCUT2D eigenvalue weighted by molar-refractivity contribution is -0.124. The Labute approximate surface area is 139 Å². The minimum Gasteiger partial charge on any atom is -0.370 e. The number of hydrogen-bond acceptors (Lipinski definition) is 4. The lowest BCUT2D eigenvalue weighted by atomic mass is 10.1. The molecule has 1 heterocycles. The van der Waals surface area contributed by atoms with Gasteiger partial charge in [0.1, 0.15) is 5.82 Å². The van der Waals surface area contributed by atoms with Crippen molar-refractivity contribution in [1.82, 2.24) is 15.6 Å². The van der Waals surface area contributed by atoms with Crippen molar-refractivity contribution in [2.24, 2.45) is 5.92 Å². The molecule has 21 heavy (non-hydrogen) atoms. The molecule has 1 atom stereocenters. The molecule has 0 saturated carbocycles. The Bertz CT molecular complexity index is 387. The van der Waals surface area contributed by atoms with Crippen molar-refractivity contribution in [1.29, 1.82) is 0 Å². The van der Waals surface area contributed by atoms with Gasteiger partial charge in [0.2, 0.25) is 5.91 Å². The van der Waals surface area contributed by atoms with Crippen LogP contribution in [0, 0.1) is 12.8 Å². The fourth-order valence-electron chi connectivity index (χ4n) is 1.66. The molecule has 1 rings (SSSR count). The van der Waals surface area contributed by atoms with Crippen LogP contribution < -0.4 is 16.0 Å².